The summed E-state index contributed by atoms with van der Waals surface area (Å²) in [6.07, 6.45) is 18.1. The second kappa shape index (κ2) is 14.6. The zero-order valence-electron chi connectivity index (χ0n) is 18.3. The maximum atomic E-state index is 11.3. The molecule has 2 N–H and O–H groups in total. The Morgan fingerprint density at radius 2 is 1.38 bits per heavy atom. The molecule has 7 heteroatoms. The minimum atomic E-state index is -4.30. The largest absolute Gasteiger partial charge is 0.328 e. The third-order valence-corrected chi connectivity index (χ3v) is 6.06. The molecule has 29 heavy (non-hydrogen) atoms. The normalized spacial score (nSPS) is 11.7. The fourth-order valence-corrected chi connectivity index (χ4v) is 4.18. The Balaban J connectivity index is 0.00000420. The molecule has 0 saturated heterocycles. The van der Waals surface area contributed by atoms with Crippen molar-refractivity contribution in [2.75, 3.05) is 0 Å². The van der Waals surface area contributed by atoms with Gasteiger partial charge in [-0.05, 0) is 24.5 Å². The SMILES string of the molecule is CCCCCCCCCCCCCCCc1cccc2nc(S(=O)(=O)O)[nH]c12.[Na]. The number of nitrogens with one attached hydrogen (secondary N) is 1. The van der Waals surface area contributed by atoms with Crippen LogP contribution in [0.25, 0.3) is 11.0 Å². The smallest absolute Gasteiger partial charge is 0.326 e. The van der Waals surface area contributed by atoms with Crippen molar-refractivity contribution < 1.29 is 13.0 Å². The van der Waals surface area contributed by atoms with E-state index in [1.807, 2.05) is 12.1 Å². The molecule has 0 aliphatic heterocycles. The first-order valence-electron chi connectivity index (χ1n) is 11.0. The Kier molecular flexibility index (Phi) is 13.4. The number of unbranched alkanes of at least 4 members (excludes halogenated alkanes) is 12. The standard InChI is InChI=1S/C22H36N2O3S.Na/c1-2-3-4-5-6-7-8-9-10-11-12-13-14-16-19-17-15-18-20-21(19)24-22(23-20)28(25,26)27;/h15,17-18H,2-14,16H2,1H3,(H,23,24)(H,25,26,27);. The zero-order valence-corrected chi connectivity index (χ0v) is 21.1. The van der Waals surface area contributed by atoms with Crippen molar-refractivity contribution >= 4 is 50.7 Å². The van der Waals surface area contributed by atoms with Crippen LogP contribution < -0.4 is 0 Å². The van der Waals surface area contributed by atoms with Gasteiger partial charge < -0.3 is 4.98 Å². The van der Waals surface area contributed by atoms with Crippen LogP contribution in [0.3, 0.4) is 0 Å². The minimum absolute atomic E-state index is 0. The Morgan fingerprint density at radius 1 is 0.862 bits per heavy atom. The summed E-state index contributed by atoms with van der Waals surface area (Å²) >= 11 is 0. The Labute approximate surface area is 198 Å². The summed E-state index contributed by atoms with van der Waals surface area (Å²) in [4.78, 5) is 6.72. The predicted octanol–water partition coefficient (Wildman–Crippen LogP) is 6.06. The second-order valence-electron chi connectivity index (χ2n) is 7.82. The van der Waals surface area contributed by atoms with E-state index in [4.69, 9.17) is 4.55 Å². The van der Waals surface area contributed by atoms with Crippen LogP contribution >= 0.6 is 0 Å². The quantitative estimate of drug-likeness (QED) is 0.204. The summed E-state index contributed by atoms with van der Waals surface area (Å²) < 4.78 is 31.7. The van der Waals surface area contributed by atoms with Gasteiger partial charge in [0.2, 0.25) is 0 Å². The van der Waals surface area contributed by atoms with E-state index >= 15 is 0 Å². The molecular weight excluding hydrogens is 395 g/mol. The van der Waals surface area contributed by atoms with E-state index in [2.05, 4.69) is 16.9 Å². The van der Waals surface area contributed by atoms with E-state index in [-0.39, 0.29) is 34.7 Å². The summed E-state index contributed by atoms with van der Waals surface area (Å²) in [5.41, 5.74) is 2.36. The molecule has 159 valence electrons. The molecule has 1 radical (unpaired) electrons. The molecule has 0 aliphatic carbocycles. The summed E-state index contributed by atoms with van der Waals surface area (Å²) in [5, 5.41) is -0.375. The van der Waals surface area contributed by atoms with Gasteiger partial charge in [-0.2, -0.15) is 8.42 Å². The maximum Gasteiger partial charge on any atom is 0.328 e. The van der Waals surface area contributed by atoms with E-state index in [0.29, 0.717) is 11.0 Å². The van der Waals surface area contributed by atoms with Crippen LogP contribution in [0.2, 0.25) is 0 Å². The van der Waals surface area contributed by atoms with Gasteiger partial charge in [0.15, 0.2) is 0 Å². The fourth-order valence-electron chi connectivity index (χ4n) is 3.73. The number of nitrogens with zero attached hydrogens (tertiary/aromatic N) is 1. The molecule has 0 fully saturated rings. The molecule has 1 heterocycles. The van der Waals surface area contributed by atoms with Gasteiger partial charge in [0, 0.05) is 29.6 Å². The summed E-state index contributed by atoms with van der Waals surface area (Å²) in [6.45, 7) is 2.26. The average Bonchev–Trinajstić information content (AvgIpc) is 3.11. The van der Waals surface area contributed by atoms with Crippen LogP contribution in [-0.4, -0.2) is 52.5 Å². The molecule has 0 aliphatic rings. The van der Waals surface area contributed by atoms with Gasteiger partial charge in [-0.25, -0.2) is 4.98 Å². The number of hydrogen-bond acceptors (Lipinski definition) is 3. The van der Waals surface area contributed by atoms with E-state index in [9.17, 15) is 8.42 Å². The van der Waals surface area contributed by atoms with Crippen LogP contribution in [-0.2, 0) is 16.5 Å². The van der Waals surface area contributed by atoms with Crippen LogP contribution in [0.4, 0.5) is 0 Å². The molecule has 0 unspecified atom stereocenters. The van der Waals surface area contributed by atoms with Crippen LogP contribution in [0.5, 0.6) is 0 Å². The van der Waals surface area contributed by atoms with Gasteiger partial charge in [0.25, 0.3) is 5.16 Å². The number of imidazole rings is 1. The molecule has 2 aromatic rings. The summed E-state index contributed by atoms with van der Waals surface area (Å²) in [7, 11) is -4.30. The number of hydrogen-bond donors (Lipinski definition) is 2. The van der Waals surface area contributed by atoms with Crippen molar-refractivity contribution in [3.63, 3.8) is 0 Å². The van der Waals surface area contributed by atoms with Gasteiger partial charge in [-0.3, -0.25) is 4.55 Å². The molecule has 2 rings (SSSR count). The molecule has 5 nitrogen and oxygen atoms in total. The van der Waals surface area contributed by atoms with Crippen LogP contribution in [0, 0.1) is 0 Å². The van der Waals surface area contributed by atoms with Gasteiger partial charge in [0.05, 0.1) is 11.0 Å². The van der Waals surface area contributed by atoms with Crippen LogP contribution in [0.15, 0.2) is 23.4 Å². The zero-order chi connectivity index (χ0) is 20.2. The average molecular weight is 432 g/mol. The number of fused-ring (bicyclic) bond motifs is 1. The van der Waals surface area contributed by atoms with Gasteiger partial charge in [0.1, 0.15) is 0 Å². The Hall–Kier alpha value is -0.400. The fraction of sp³-hybridized carbons (Fsp3) is 0.682. The molecule has 0 bridgehead atoms. The summed E-state index contributed by atoms with van der Waals surface area (Å²) in [6, 6.07) is 5.64. The molecule has 0 saturated carbocycles. The second-order valence-corrected chi connectivity index (χ2v) is 9.16. The molecule has 1 aromatic carbocycles. The Morgan fingerprint density at radius 3 is 1.90 bits per heavy atom. The number of aromatic nitrogens is 2. The van der Waals surface area contributed by atoms with E-state index < -0.39 is 10.1 Å². The first-order chi connectivity index (χ1) is 13.5. The molecule has 0 atom stereocenters. The Bertz CT molecular complexity index is 805. The number of aryl methyl sites for hydroxylation is 1. The van der Waals surface area contributed by atoms with E-state index in [0.717, 1.165) is 18.4 Å². The minimum Gasteiger partial charge on any atom is -0.326 e. The van der Waals surface area contributed by atoms with Crippen molar-refractivity contribution in [2.45, 2.75) is 102 Å². The number of aromatic amines is 1. The predicted molar refractivity (Wildman–Crippen MR) is 121 cm³/mol. The van der Waals surface area contributed by atoms with Gasteiger partial charge in [-0.1, -0.05) is 96.1 Å². The number of H-pyrrole nitrogens is 1. The number of benzene rings is 1. The topological polar surface area (TPSA) is 83.1 Å². The van der Waals surface area contributed by atoms with E-state index in [1.54, 1.807) is 6.07 Å². The maximum absolute atomic E-state index is 11.3. The summed E-state index contributed by atoms with van der Waals surface area (Å²) in [5.74, 6) is 0. The number of rotatable bonds is 15. The van der Waals surface area contributed by atoms with Gasteiger partial charge in [-0.15, -0.1) is 0 Å². The number of para-hydroxylation sites is 1. The molecule has 0 amide bonds. The van der Waals surface area contributed by atoms with Crippen LogP contribution in [0.1, 0.15) is 96.0 Å². The first-order valence-corrected chi connectivity index (χ1v) is 12.4. The molecule has 1 aromatic heterocycles. The van der Waals surface area contributed by atoms with Crippen molar-refractivity contribution in [1.82, 2.24) is 9.97 Å². The van der Waals surface area contributed by atoms with Crippen molar-refractivity contribution in [1.29, 1.82) is 0 Å². The third kappa shape index (κ3) is 9.97. The first kappa shape index (κ1) is 26.6. The molecule has 0 spiro atoms. The monoisotopic (exact) mass is 431 g/mol. The van der Waals surface area contributed by atoms with Crippen molar-refractivity contribution in [3.05, 3.63) is 23.8 Å². The van der Waals surface area contributed by atoms with E-state index in [1.165, 1.54) is 77.0 Å². The molecular formula is C22H36N2NaO3S. The van der Waals surface area contributed by atoms with Crippen molar-refractivity contribution in [3.8, 4) is 0 Å². The van der Waals surface area contributed by atoms with Gasteiger partial charge >= 0.3 is 10.1 Å². The van der Waals surface area contributed by atoms with Crippen molar-refractivity contribution in [2.24, 2.45) is 0 Å². The third-order valence-electron chi connectivity index (χ3n) is 5.38.